The van der Waals surface area contributed by atoms with Gasteiger partial charge in [-0.05, 0) is 48.6 Å². The Bertz CT molecular complexity index is 1120. The van der Waals surface area contributed by atoms with Crippen LogP contribution in [0.5, 0.6) is 17.2 Å². The molecule has 0 saturated carbocycles. The Kier molecular flexibility index (Phi) is 2.16. The van der Waals surface area contributed by atoms with E-state index >= 15 is 0 Å². The Morgan fingerprint density at radius 3 is 3.00 bits per heavy atom. The van der Waals surface area contributed by atoms with Gasteiger partial charge in [-0.1, -0.05) is 12.1 Å². The molecule has 0 radical (unpaired) electrons. The normalized spacial score (nSPS) is 33.2. The number of ether oxygens (including phenoxy) is 3. The molecule has 2 aliphatic heterocycles. The molecule has 0 aliphatic carbocycles. The van der Waals surface area contributed by atoms with Crippen LogP contribution in [-0.4, -0.2) is 26.3 Å². The SMILES string of the molecule is [2H]c1c([2H])c([C@@H]2CC([2H])([2H])NCC2C([2H])([2H])Oc2ccc3c(c2)OC([2H])([2H])O3)c([2H])c([2H])c1F. The van der Waals surface area contributed by atoms with Crippen LogP contribution in [0.15, 0.2) is 42.4 Å². The molecule has 4 rings (SSSR count). The molecule has 0 spiro atoms. The van der Waals surface area contributed by atoms with Gasteiger partial charge in [-0.15, -0.1) is 0 Å². The summed E-state index contributed by atoms with van der Waals surface area (Å²) in [4.78, 5) is 0. The lowest BCUT2D eigenvalue weighted by Gasteiger charge is -2.32. The summed E-state index contributed by atoms with van der Waals surface area (Å²) >= 11 is 0. The van der Waals surface area contributed by atoms with Crippen molar-refractivity contribution in [2.24, 2.45) is 5.92 Å². The molecule has 0 amide bonds. The van der Waals surface area contributed by atoms with E-state index in [4.69, 9.17) is 27.9 Å². The Balaban J connectivity index is 1.71. The number of fused-ring (bicyclic) bond motifs is 1. The molecule has 1 unspecified atom stereocenters. The van der Waals surface area contributed by atoms with E-state index in [9.17, 15) is 4.39 Å². The predicted octanol–water partition coefficient (Wildman–Crippen LogP) is 3.33. The highest BCUT2D eigenvalue weighted by Gasteiger charge is 2.27. The number of hydrogen-bond acceptors (Lipinski definition) is 4. The summed E-state index contributed by atoms with van der Waals surface area (Å²) in [6.07, 6.45) is -0.413. The quantitative estimate of drug-likeness (QED) is 0.927. The molecule has 0 aromatic heterocycles. The van der Waals surface area contributed by atoms with Crippen molar-refractivity contribution in [1.29, 1.82) is 0 Å². The van der Waals surface area contributed by atoms with Crippen LogP contribution in [0.2, 0.25) is 0 Å². The molecule has 1 saturated heterocycles. The van der Waals surface area contributed by atoms with Crippen LogP contribution in [0.25, 0.3) is 0 Å². The van der Waals surface area contributed by atoms with Crippen LogP contribution in [0.1, 0.15) is 31.6 Å². The third kappa shape index (κ3) is 3.17. The van der Waals surface area contributed by atoms with Crippen LogP contribution in [0, 0.1) is 11.7 Å². The minimum atomic E-state index is -2.53. The molecule has 2 atom stereocenters. The number of rotatable bonds is 4. The largest absolute Gasteiger partial charge is 0.493 e. The van der Waals surface area contributed by atoms with Crippen LogP contribution in [0.3, 0.4) is 0 Å². The molecular formula is C19H20FNO3. The zero-order valence-electron chi connectivity index (χ0n) is 22.4. The maximum absolute atomic E-state index is 14.1. The highest BCUT2D eigenvalue weighted by atomic mass is 19.1. The van der Waals surface area contributed by atoms with Gasteiger partial charge in [0, 0.05) is 21.3 Å². The summed E-state index contributed by atoms with van der Waals surface area (Å²) in [5, 5.41) is 2.56. The van der Waals surface area contributed by atoms with E-state index in [0.29, 0.717) is 0 Å². The zero-order chi connectivity index (χ0) is 25.2. The van der Waals surface area contributed by atoms with E-state index in [1.165, 1.54) is 18.2 Å². The molecule has 1 fully saturated rings. The lowest BCUT2D eigenvalue weighted by Crippen LogP contribution is -2.38. The molecule has 24 heavy (non-hydrogen) atoms. The van der Waals surface area contributed by atoms with Crippen LogP contribution in [-0.2, 0) is 0 Å². The van der Waals surface area contributed by atoms with Gasteiger partial charge >= 0.3 is 0 Å². The second kappa shape index (κ2) is 6.69. The Morgan fingerprint density at radius 1 is 1.29 bits per heavy atom. The summed E-state index contributed by atoms with van der Waals surface area (Å²) in [6, 6.07) is 0.666. The maximum atomic E-state index is 14.1. The van der Waals surface area contributed by atoms with Gasteiger partial charge in [-0.3, -0.25) is 0 Å². The van der Waals surface area contributed by atoms with Gasteiger partial charge in [0.15, 0.2) is 11.5 Å². The summed E-state index contributed by atoms with van der Waals surface area (Å²) < 4.78 is 110. The first-order valence-electron chi connectivity index (χ1n) is 12.3. The second-order valence-corrected chi connectivity index (χ2v) is 5.32. The highest BCUT2D eigenvalue weighted by Crippen LogP contribution is 2.36. The fourth-order valence-corrected chi connectivity index (χ4v) is 2.54. The number of benzene rings is 2. The lowest BCUT2D eigenvalue weighted by molar-refractivity contribution is 0.173. The number of piperidine rings is 1. The summed E-state index contributed by atoms with van der Waals surface area (Å²) in [6.45, 7) is -7.21. The van der Waals surface area contributed by atoms with Crippen molar-refractivity contribution < 1.29 is 32.3 Å². The first kappa shape index (κ1) is 7.74. The predicted molar refractivity (Wildman–Crippen MR) is 88.2 cm³/mol. The Labute approximate surface area is 154 Å². The Morgan fingerprint density at radius 2 is 2.12 bits per heavy atom. The maximum Gasteiger partial charge on any atom is 0.231 e. The van der Waals surface area contributed by atoms with E-state index in [2.05, 4.69) is 5.32 Å². The molecule has 5 heteroatoms. The van der Waals surface area contributed by atoms with Crippen molar-refractivity contribution >= 4 is 0 Å². The van der Waals surface area contributed by atoms with E-state index in [1.807, 2.05) is 0 Å². The molecule has 126 valence electrons. The van der Waals surface area contributed by atoms with Gasteiger partial charge in [0.2, 0.25) is 6.75 Å². The fourth-order valence-electron chi connectivity index (χ4n) is 2.54. The van der Waals surface area contributed by atoms with E-state index in [0.717, 1.165) is 0 Å². The molecule has 0 bridgehead atoms. The molecule has 2 aliphatic rings. The van der Waals surface area contributed by atoms with Gasteiger partial charge in [0.25, 0.3) is 0 Å². The molecule has 2 aromatic carbocycles. The van der Waals surface area contributed by atoms with E-state index < -0.39 is 68.0 Å². The van der Waals surface area contributed by atoms with Crippen molar-refractivity contribution in [2.75, 3.05) is 26.3 Å². The van der Waals surface area contributed by atoms with Crippen LogP contribution in [0.4, 0.5) is 4.39 Å². The fraction of sp³-hybridized carbons (Fsp3) is 0.368. The lowest BCUT2D eigenvalue weighted by atomic mass is 9.81. The minimum absolute atomic E-state index is 0.00827. The number of hydrogen-bond donors (Lipinski definition) is 1. The van der Waals surface area contributed by atoms with Gasteiger partial charge in [0.1, 0.15) is 14.3 Å². The number of halogens is 1. The van der Waals surface area contributed by atoms with E-state index in [1.54, 1.807) is 0 Å². The van der Waals surface area contributed by atoms with Crippen molar-refractivity contribution in [2.45, 2.75) is 12.3 Å². The summed E-state index contributed by atoms with van der Waals surface area (Å²) in [7, 11) is 0. The van der Waals surface area contributed by atoms with Crippen molar-refractivity contribution in [1.82, 2.24) is 5.32 Å². The molecule has 2 heterocycles. The first-order valence-corrected chi connectivity index (χ1v) is 7.34. The van der Waals surface area contributed by atoms with Gasteiger partial charge in [-0.2, -0.15) is 0 Å². The first-order chi connectivity index (χ1) is 15.6. The smallest absolute Gasteiger partial charge is 0.231 e. The monoisotopic (exact) mass is 339 g/mol. The van der Waals surface area contributed by atoms with Crippen LogP contribution >= 0.6 is 0 Å². The van der Waals surface area contributed by atoms with E-state index in [-0.39, 0.29) is 29.4 Å². The van der Waals surface area contributed by atoms with Gasteiger partial charge in [0.05, 0.1) is 14.8 Å². The van der Waals surface area contributed by atoms with Crippen molar-refractivity contribution in [3.05, 3.63) is 53.7 Å². The minimum Gasteiger partial charge on any atom is -0.493 e. The molecule has 1 N–H and O–H groups in total. The van der Waals surface area contributed by atoms with Crippen molar-refractivity contribution in [3.63, 3.8) is 0 Å². The summed E-state index contributed by atoms with van der Waals surface area (Å²) in [5.41, 5.74) is -0.293. The molecular weight excluding hydrogens is 309 g/mol. The zero-order valence-corrected chi connectivity index (χ0v) is 12.4. The van der Waals surface area contributed by atoms with Gasteiger partial charge in [-0.25, -0.2) is 4.39 Å². The topological polar surface area (TPSA) is 39.7 Å². The third-order valence-electron chi connectivity index (χ3n) is 3.79. The average molecular weight is 339 g/mol. The highest BCUT2D eigenvalue weighted by molar-refractivity contribution is 5.46. The second-order valence-electron chi connectivity index (χ2n) is 5.32. The van der Waals surface area contributed by atoms with Crippen molar-refractivity contribution in [3.8, 4) is 17.2 Å². The molecule has 4 nitrogen and oxygen atoms in total. The number of nitrogens with one attached hydrogen (secondary N) is 1. The van der Waals surface area contributed by atoms with Gasteiger partial charge < -0.3 is 19.5 Å². The summed E-state index contributed by atoms with van der Waals surface area (Å²) in [5.74, 6) is -3.69. The average Bonchev–Trinajstić information content (AvgIpc) is 3.03. The molecule has 2 aromatic rings. The van der Waals surface area contributed by atoms with Crippen LogP contribution < -0.4 is 19.5 Å². The Hall–Kier alpha value is -2.27. The third-order valence-corrected chi connectivity index (χ3v) is 3.79. The standard InChI is InChI=1S/C19H20FNO3/c20-15-3-1-13(2-4-15)17-7-8-21-10-14(17)11-22-16-5-6-18-19(9-16)24-12-23-18/h1-6,9,14,17,21H,7-8,10-12H2/t14?,17-/m0/s1/i1D,2D,3D,4D,8D2,11D2,12D2.